The van der Waals surface area contributed by atoms with Gasteiger partial charge in [0.25, 0.3) is 0 Å². The second-order valence-electron chi connectivity index (χ2n) is 5.53. The molecule has 0 heterocycles. The molecule has 0 aliphatic rings. The molecule has 0 saturated heterocycles. The number of unbranched alkanes of at least 4 members (excludes halogenated alkanes) is 1. The van der Waals surface area contributed by atoms with Crippen LogP contribution in [0.5, 0.6) is 0 Å². The van der Waals surface area contributed by atoms with Crippen LogP contribution in [0.3, 0.4) is 0 Å². The molecule has 0 aliphatic heterocycles. The van der Waals surface area contributed by atoms with Crippen molar-refractivity contribution in [2.24, 2.45) is 11.5 Å². The van der Waals surface area contributed by atoms with Crippen LogP contribution in [0.4, 0.5) is 0 Å². The molecule has 2 nitrogen and oxygen atoms in total. The van der Waals surface area contributed by atoms with Gasteiger partial charge in [0.05, 0.1) is 0 Å². The molecule has 0 aromatic heterocycles. The number of nitrogens with two attached hydrogens (primary N) is 2. The molecule has 0 fully saturated rings. The summed E-state index contributed by atoms with van der Waals surface area (Å²) in [7, 11) is 0. The molecule has 0 saturated carbocycles. The molecule has 0 spiro atoms. The van der Waals surface area contributed by atoms with Crippen molar-refractivity contribution in [1.29, 1.82) is 0 Å². The van der Waals surface area contributed by atoms with Gasteiger partial charge in [0.15, 0.2) is 0 Å². The fourth-order valence-electron chi connectivity index (χ4n) is 0.289. The van der Waals surface area contributed by atoms with Crippen molar-refractivity contribution >= 4 is 0 Å². The fraction of sp³-hybridized carbons (Fsp3) is 1.00. The first-order valence-electron chi connectivity index (χ1n) is 5.14. The Morgan fingerprint density at radius 1 is 0.818 bits per heavy atom. The van der Waals surface area contributed by atoms with Crippen LogP contribution in [-0.4, -0.2) is 13.1 Å². The quantitative estimate of drug-likeness (QED) is 0.557. The molecular weight excluding hydrogens is 189 g/mol. The summed E-state index contributed by atoms with van der Waals surface area (Å²) >= 11 is -1.25. The van der Waals surface area contributed by atoms with E-state index in [1.54, 1.807) is 0 Å². The molecular formula is C8H24N2Zn. The third kappa shape index (κ3) is 61.3. The van der Waals surface area contributed by atoms with E-state index in [0.717, 1.165) is 25.9 Å². The summed E-state index contributed by atoms with van der Waals surface area (Å²) in [6, 6.07) is 0. The van der Waals surface area contributed by atoms with Gasteiger partial charge in [-0.1, -0.05) is 0 Å². The first kappa shape index (κ1) is 14.1. The van der Waals surface area contributed by atoms with Gasteiger partial charge in [0.2, 0.25) is 0 Å². The normalized spacial score (nSPS) is 8.91. The second-order valence-corrected chi connectivity index (χ2v) is 23.3. The molecule has 0 amide bonds. The molecule has 68 valence electrons. The average molecular weight is 214 g/mol. The summed E-state index contributed by atoms with van der Waals surface area (Å²) in [5.74, 6) is 0. The van der Waals surface area contributed by atoms with Crippen LogP contribution in [0.2, 0.25) is 22.1 Å². The molecule has 3 heteroatoms. The molecule has 0 bridgehead atoms. The third-order valence-electron chi connectivity index (χ3n) is 0.658. The molecule has 0 aliphatic carbocycles. The zero-order valence-electron chi connectivity index (χ0n) is 8.69. The molecule has 0 radical (unpaired) electrons. The van der Waals surface area contributed by atoms with Gasteiger partial charge in [-0.25, -0.2) is 0 Å². The number of hydrogen-bond acceptors (Lipinski definition) is 2. The van der Waals surface area contributed by atoms with Crippen LogP contribution in [-0.2, 0) is 14.8 Å². The predicted octanol–water partition coefficient (Wildman–Crippen LogP) is 2.02. The van der Waals surface area contributed by atoms with Gasteiger partial charge in [-0.05, 0) is 25.9 Å². The van der Waals surface area contributed by atoms with Gasteiger partial charge < -0.3 is 11.5 Å². The summed E-state index contributed by atoms with van der Waals surface area (Å²) in [6.45, 7) is 1.55. The van der Waals surface area contributed by atoms with Gasteiger partial charge in [-0.2, -0.15) is 0 Å². The Bertz CT molecular complexity index is 59.0. The Kier molecular flexibility index (Phi) is 11.1. The molecule has 0 aromatic rings. The first-order valence-corrected chi connectivity index (χ1v) is 17.0. The van der Waals surface area contributed by atoms with Crippen LogP contribution in [0.25, 0.3) is 0 Å². The summed E-state index contributed by atoms with van der Waals surface area (Å²) in [5, 5.41) is 0. The molecule has 0 aromatic carbocycles. The standard InChI is InChI=1S/C4H12N2.4CH3.Zn/c5-3-1-2-4-6;;;;;/h1-6H2;4*1H3;. The van der Waals surface area contributed by atoms with Crippen molar-refractivity contribution in [3.8, 4) is 0 Å². The van der Waals surface area contributed by atoms with Gasteiger partial charge >= 0.3 is 36.8 Å². The number of rotatable bonds is 3. The molecule has 0 rings (SSSR count). The number of hydrogen-bond donors (Lipinski definition) is 2. The van der Waals surface area contributed by atoms with E-state index >= 15 is 0 Å². The Labute approximate surface area is 74.5 Å². The second kappa shape index (κ2) is 8.64. The van der Waals surface area contributed by atoms with Crippen molar-refractivity contribution < 1.29 is 14.8 Å². The fourth-order valence-corrected chi connectivity index (χ4v) is 0.289. The zero-order valence-corrected chi connectivity index (χ0v) is 11.7. The van der Waals surface area contributed by atoms with Gasteiger partial charge in [0.1, 0.15) is 0 Å². The Balaban J connectivity index is 0. The topological polar surface area (TPSA) is 52.0 Å². The summed E-state index contributed by atoms with van der Waals surface area (Å²) in [4.78, 5) is 0. The van der Waals surface area contributed by atoms with Gasteiger partial charge in [-0.15, -0.1) is 0 Å². The van der Waals surface area contributed by atoms with E-state index in [2.05, 4.69) is 22.1 Å². The van der Waals surface area contributed by atoms with Crippen molar-refractivity contribution in [3.05, 3.63) is 0 Å². The SMILES string of the molecule is NCCCCN.[CH3][Zn]([CH3])([CH3])[CH3]. The van der Waals surface area contributed by atoms with Crippen molar-refractivity contribution in [3.63, 3.8) is 0 Å². The van der Waals surface area contributed by atoms with Crippen LogP contribution in [0.1, 0.15) is 12.8 Å². The zero-order chi connectivity index (χ0) is 9.33. The summed E-state index contributed by atoms with van der Waals surface area (Å²) < 4.78 is 0. The van der Waals surface area contributed by atoms with Crippen LogP contribution in [0, 0.1) is 0 Å². The van der Waals surface area contributed by atoms with E-state index in [0.29, 0.717) is 0 Å². The Morgan fingerprint density at radius 3 is 1.09 bits per heavy atom. The van der Waals surface area contributed by atoms with Gasteiger partial charge in [0, 0.05) is 0 Å². The Morgan fingerprint density at radius 2 is 1.00 bits per heavy atom. The van der Waals surface area contributed by atoms with E-state index in [9.17, 15) is 0 Å². The van der Waals surface area contributed by atoms with E-state index in [4.69, 9.17) is 11.5 Å². The van der Waals surface area contributed by atoms with Crippen molar-refractivity contribution in [1.82, 2.24) is 0 Å². The maximum absolute atomic E-state index is 5.16. The van der Waals surface area contributed by atoms with Crippen molar-refractivity contribution in [2.45, 2.75) is 34.9 Å². The first-order chi connectivity index (χ1) is 4.91. The molecule has 0 unspecified atom stereocenters. The molecule has 0 atom stereocenters. The van der Waals surface area contributed by atoms with Crippen LogP contribution in [0.15, 0.2) is 0 Å². The molecule has 11 heavy (non-hydrogen) atoms. The summed E-state index contributed by atoms with van der Waals surface area (Å²) in [6.07, 6.45) is 2.13. The minimum absolute atomic E-state index is 0.775. The van der Waals surface area contributed by atoms with Gasteiger partial charge in [-0.3, -0.25) is 0 Å². The van der Waals surface area contributed by atoms with E-state index in [1.165, 1.54) is 0 Å². The molecule has 4 N–H and O–H groups in total. The third-order valence-corrected chi connectivity index (χ3v) is 0.658. The van der Waals surface area contributed by atoms with E-state index in [1.807, 2.05) is 0 Å². The van der Waals surface area contributed by atoms with E-state index < -0.39 is 14.8 Å². The minimum atomic E-state index is -1.25. The monoisotopic (exact) mass is 212 g/mol. The average Bonchev–Trinajstić information content (AvgIpc) is 1.79. The maximum atomic E-state index is 5.16. The van der Waals surface area contributed by atoms with Crippen LogP contribution >= 0.6 is 0 Å². The summed E-state index contributed by atoms with van der Waals surface area (Å²) in [5.41, 5.74) is 19.9. The predicted molar refractivity (Wildman–Crippen MR) is 50.8 cm³/mol. The van der Waals surface area contributed by atoms with Crippen LogP contribution < -0.4 is 11.5 Å². The Hall–Kier alpha value is 0.543. The van der Waals surface area contributed by atoms with E-state index in [-0.39, 0.29) is 0 Å². The van der Waals surface area contributed by atoms with Crippen molar-refractivity contribution in [2.75, 3.05) is 13.1 Å².